The molecule has 0 radical (unpaired) electrons. The van der Waals surface area contributed by atoms with E-state index in [1.807, 2.05) is 115 Å². The van der Waals surface area contributed by atoms with Gasteiger partial charge in [-0.15, -0.1) is 0 Å². The first-order valence-electron chi connectivity index (χ1n) is 20.5. The fourth-order valence-corrected chi connectivity index (χ4v) is 5.89. The molecule has 12 nitrogen and oxygen atoms in total. The highest BCUT2D eigenvalue weighted by atomic mass is 16.2. The molecule has 6 amide bonds. The molecule has 0 fully saturated rings. The average molecular weight is 850 g/mol. The van der Waals surface area contributed by atoms with E-state index in [0.29, 0.717) is 0 Å². The molecule has 12 heteroatoms. The molecule has 0 saturated heterocycles. The number of benzene rings is 6. The van der Waals surface area contributed by atoms with E-state index in [9.17, 15) is 14.4 Å². The number of hydrogen-bond acceptors (Lipinski definition) is 6. The van der Waals surface area contributed by atoms with Crippen molar-refractivity contribution in [2.45, 2.75) is 0 Å². The van der Waals surface area contributed by atoms with Crippen LogP contribution in [-0.4, -0.2) is 117 Å². The Labute approximate surface area is 374 Å². The first-order valence-corrected chi connectivity index (χ1v) is 20.5. The SMILES string of the molecule is CN(C)C(=O)Nc1cccc(-c2ccc(N(C)C)cc2)c1.CN(C)C(=O)Nc1cccc(-c2ccc(N(C)C)cc2)c1.CN(C)C(=O)Nc1cccc(-c2ccc(N(C)C)cc2)c1. The average Bonchev–Trinajstić information content (AvgIpc) is 3.27. The number of carbonyl (C=O) groups is 3. The highest BCUT2D eigenvalue weighted by Gasteiger charge is 2.09. The van der Waals surface area contributed by atoms with Gasteiger partial charge >= 0.3 is 18.1 Å². The van der Waals surface area contributed by atoms with Crippen molar-refractivity contribution >= 4 is 52.2 Å². The van der Waals surface area contributed by atoms with Crippen molar-refractivity contribution in [3.8, 4) is 33.4 Å². The molecule has 0 atom stereocenters. The van der Waals surface area contributed by atoms with Gasteiger partial charge in [-0.05, 0) is 106 Å². The second-order valence-corrected chi connectivity index (χ2v) is 16.0. The molecule has 0 aliphatic heterocycles. The maximum absolute atomic E-state index is 11.7. The minimum Gasteiger partial charge on any atom is -0.378 e. The molecule has 0 spiro atoms. The lowest BCUT2D eigenvalue weighted by atomic mass is 10.0. The van der Waals surface area contributed by atoms with Crippen molar-refractivity contribution in [2.75, 3.05) is 115 Å². The minimum atomic E-state index is -0.130. The van der Waals surface area contributed by atoms with Crippen LogP contribution in [-0.2, 0) is 0 Å². The largest absolute Gasteiger partial charge is 0.378 e. The molecule has 0 aliphatic rings. The third-order valence-corrected chi connectivity index (χ3v) is 9.71. The number of nitrogens with one attached hydrogen (secondary N) is 3. The van der Waals surface area contributed by atoms with Crippen LogP contribution in [0.3, 0.4) is 0 Å². The Bertz CT molecular complexity index is 2120. The summed E-state index contributed by atoms with van der Waals surface area (Å²) in [5, 5.41) is 8.58. The van der Waals surface area contributed by atoms with Gasteiger partial charge in [0.15, 0.2) is 0 Å². The third kappa shape index (κ3) is 14.9. The van der Waals surface area contributed by atoms with Crippen LogP contribution in [0.25, 0.3) is 33.4 Å². The summed E-state index contributed by atoms with van der Waals surface area (Å²) in [4.78, 5) is 45.8. The lowest BCUT2D eigenvalue weighted by molar-refractivity contribution is 0.230. The summed E-state index contributed by atoms with van der Waals surface area (Å²) in [5.41, 5.74) is 12.5. The molecule has 0 aliphatic carbocycles. The minimum absolute atomic E-state index is 0.130. The molecule has 6 rings (SSSR count). The number of hydrogen-bond donors (Lipinski definition) is 3. The Morgan fingerprint density at radius 2 is 0.524 bits per heavy atom. The van der Waals surface area contributed by atoms with Crippen molar-refractivity contribution in [2.24, 2.45) is 0 Å². The number of rotatable bonds is 9. The Hall–Kier alpha value is -7.47. The highest BCUT2D eigenvalue weighted by Crippen LogP contribution is 2.28. The number of urea groups is 3. The van der Waals surface area contributed by atoms with E-state index in [2.05, 4.69) is 103 Å². The highest BCUT2D eigenvalue weighted by molar-refractivity contribution is 5.91. The van der Waals surface area contributed by atoms with Gasteiger partial charge in [0.25, 0.3) is 0 Å². The van der Waals surface area contributed by atoms with Crippen LogP contribution in [0.1, 0.15) is 0 Å². The molecule has 6 aromatic rings. The van der Waals surface area contributed by atoms with Gasteiger partial charge < -0.3 is 45.3 Å². The molecule has 330 valence electrons. The van der Waals surface area contributed by atoms with Crippen LogP contribution in [0, 0.1) is 0 Å². The topological polar surface area (TPSA) is 107 Å². The van der Waals surface area contributed by atoms with Crippen molar-refractivity contribution in [3.05, 3.63) is 146 Å². The van der Waals surface area contributed by atoms with Crippen LogP contribution < -0.4 is 30.7 Å². The van der Waals surface area contributed by atoms with E-state index in [4.69, 9.17) is 0 Å². The Kier molecular flexibility index (Phi) is 17.6. The summed E-state index contributed by atoms with van der Waals surface area (Å²) in [6.45, 7) is 0. The fraction of sp³-hybridized carbons (Fsp3) is 0.235. The second kappa shape index (κ2) is 22.9. The van der Waals surface area contributed by atoms with E-state index in [1.54, 1.807) is 42.3 Å². The van der Waals surface area contributed by atoms with Crippen LogP contribution in [0.15, 0.2) is 146 Å². The van der Waals surface area contributed by atoms with E-state index >= 15 is 0 Å². The van der Waals surface area contributed by atoms with Gasteiger partial charge in [0.2, 0.25) is 0 Å². The zero-order valence-electron chi connectivity index (χ0n) is 38.8. The van der Waals surface area contributed by atoms with Crippen molar-refractivity contribution in [1.82, 2.24) is 14.7 Å². The second-order valence-electron chi connectivity index (χ2n) is 16.0. The number of carbonyl (C=O) groups excluding carboxylic acids is 3. The maximum Gasteiger partial charge on any atom is 0.321 e. The smallest absolute Gasteiger partial charge is 0.321 e. The fourth-order valence-electron chi connectivity index (χ4n) is 5.89. The standard InChI is InChI=1S/3C17H21N3O/c3*1-19(2)16-10-8-13(9-11-16)14-6-5-7-15(12-14)18-17(21)20(3)4/h3*5-12H,1-4H3,(H,18,21). The normalized spacial score (nSPS) is 10.1. The van der Waals surface area contributed by atoms with Gasteiger partial charge in [-0.3, -0.25) is 0 Å². The first-order chi connectivity index (χ1) is 29.9. The summed E-state index contributed by atoms with van der Waals surface area (Å²) in [6.07, 6.45) is 0. The van der Waals surface area contributed by atoms with Gasteiger partial charge in [0.05, 0.1) is 0 Å². The first kappa shape index (κ1) is 48.2. The Balaban J connectivity index is 0.000000207. The van der Waals surface area contributed by atoms with Crippen LogP contribution >= 0.6 is 0 Å². The van der Waals surface area contributed by atoms with E-state index in [-0.39, 0.29) is 18.1 Å². The third-order valence-electron chi connectivity index (χ3n) is 9.71. The molecule has 6 aromatic carbocycles. The lowest BCUT2D eigenvalue weighted by Crippen LogP contribution is -2.27. The van der Waals surface area contributed by atoms with Crippen LogP contribution in [0.4, 0.5) is 48.5 Å². The molecule has 0 saturated carbocycles. The van der Waals surface area contributed by atoms with Gasteiger partial charge in [-0.25, -0.2) is 14.4 Å². The van der Waals surface area contributed by atoms with Gasteiger partial charge in [0, 0.05) is 119 Å². The molecule has 0 aromatic heterocycles. The summed E-state index contributed by atoms with van der Waals surface area (Å²) in [7, 11) is 22.4. The molecule has 3 N–H and O–H groups in total. The number of anilines is 6. The zero-order chi connectivity index (χ0) is 46.2. The predicted molar refractivity (Wildman–Crippen MR) is 267 cm³/mol. The number of amides is 6. The molecule has 0 bridgehead atoms. The molecule has 0 unspecified atom stereocenters. The van der Waals surface area contributed by atoms with Gasteiger partial charge in [-0.2, -0.15) is 0 Å². The summed E-state index contributed by atoms with van der Waals surface area (Å²) in [6, 6.07) is 48.2. The van der Waals surface area contributed by atoms with Crippen molar-refractivity contribution in [1.29, 1.82) is 0 Å². The van der Waals surface area contributed by atoms with Gasteiger partial charge in [0.1, 0.15) is 0 Å². The lowest BCUT2D eigenvalue weighted by Gasteiger charge is -2.14. The Morgan fingerprint density at radius 3 is 0.714 bits per heavy atom. The summed E-state index contributed by atoms with van der Waals surface area (Å²) >= 11 is 0. The van der Waals surface area contributed by atoms with E-state index in [0.717, 1.165) is 67.5 Å². The van der Waals surface area contributed by atoms with Crippen molar-refractivity contribution in [3.63, 3.8) is 0 Å². The summed E-state index contributed by atoms with van der Waals surface area (Å²) in [5.74, 6) is 0. The van der Waals surface area contributed by atoms with E-state index < -0.39 is 0 Å². The monoisotopic (exact) mass is 850 g/mol. The molecule has 63 heavy (non-hydrogen) atoms. The molecular formula is C51H63N9O3. The molecule has 0 heterocycles. The Morgan fingerprint density at radius 1 is 0.302 bits per heavy atom. The summed E-state index contributed by atoms with van der Waals surface area (Å²) < 4.78 is 0. The van der Waals surface area contributed by atoms with Crippen LogP contribution in [0.2, 0.25) is 0 Å². The molecular weight excluding hydrogens is 787 g/mol. The van der Waals surface area contributed by atoms with Gasteiger partial charge in [-0.1, -0.05) is 72.8 Å². The number of nitrogens with zero attached hydrogens (tertiary/aromatic N) is 6. The van der Waals surface area contributed by atoms with E-state index in [1.165, 1.54) is 14.7 Å². The maximum atomic E-state index is 11.7. The zero-order valence-corrected chi connectivity index (χ0v) is 38.8. The predicted octanol–water partition coefficient (Wildman–Crippen LogP) is 10.5. The van der Waals surface area contributed by atoms with Crippen molar-refractivity contribution < 1.29 is 14.4 Å². The van der Waals surface area contributed by atoms with Crippen LogP contribution in [0.5, 0.6) is 0 Å². The quantitative estimate of drug-likeness (QED) is 0.134.